The highest BCUT2D eigenvalue weighted by atomic mass is 32.2. The number of hydrogen-bond acceptors (Lipinski definition) is 6. The van der Waals surface area contributed by atoms with Gasteiger partial charge in [-0.2, -0.15) is 0 Å². The number of nitrogens with zero attached hydrogens (tertiary/aromatic N) is 5. The maximum absolute atomic E-state index is 13.4. The summed E-state index contributed by atoms with van der Waals surface area (Å²) in [7, 11) is 1.86. The van der Waals surface area contributed by atoms with Crippen molar-refractivity contribution in [2.24, 2.45) is 7.05 Å². The van der Waals surface area contributed by atoms with Crippen molar-refractivity contribution in [1.29, 1.82) is 0 Å². The van der Waals surface area contributed by atoms with Crippen molar-refractivity contribution in [3.8, 4) is 11.5 Å². The molecule has 1 atom stereocenters. The first-order valence-electron chi connectivity index (χ1n) is 9.78. The number of carbonyl (C=O) groups excluding carboxylic acids is 1. The van der Waals surface area contributed by atoms with Crippen LogP contribution in [0, 0.1) is 13.8 Å². The van der Waals surface area contributed by atoms with Gasteiger partial charge in [0.1, 0.15) is 10.9 Å². The highest BCUT2D eigenvalue weighted by Crippen LogP contribution is 2.36. The summed E-state index contributed by atoms with van der Waals surface area (Å²) >= 11 is 1.35. The van der Waals surface area contributed by atoms with E-state index in [1.807, 2.05) is 74.0 Å². The number of hydrogen-bond donors (Lipinski definition) is 1. The van der Waals surface area contributed by atoms with Crippen LogP contribution in [0.4, 0.5) is 5.69 Å². The second kappa shape index (κ2) is 9.09. The molecule has 2 aromatic heterocycles. The molecule has 1 N–H and O–H groups in total. The number of carbonyl (C=O) groups is 1. The maximum atomic E-state index is 13.4. The van der Waals surface area contributed by atoms with Crippen LogP contribution < -0.4 is 5.32 Å². The van der Waals surface area contributed by atoms with Crippen molar-refractivity contribution < 1.29 is 4.79 Å². The van der Waals surface area contributed by atoms with E-state index in [4.69, 9.17) is 0 Å². The van der Waals surface area contributed by atoms with Gasteiger partial charge in [-0.3, -0.25) is 9.78 Å². The minimum absolute atomic E-state index is 0.117. The van der Waals surface area contributed by atoms with Crippen LogP contribution in [-0.2, 0) is 11.8 Å². The van der Waals surface area contributed by atoms with Crippen LogP contribution in [-0.4, -0.2) is 30.6 Å². The van der Waals surface area contributed by atoms with Crippen molar-refractivity contribution in [1.82, 2.24) is 24.7 Å². The second-order valence-corrected chi connectivity index (χ2v) is 8.24. The van der Waals surface area contributed by atoms with Crippen LogP contribution in [0.25, 0.3) is 11.5 Å². The lowest BCUT2D eigenvalue weighted by atomic mass is 10.1. The van der Waals surface area contributed by atoms with Crippen LogP contribution in [0.15, 0.2) is 72.3 Å². The molecule has 8 heteroatoms. The predicted octanol–water partition coefficient (Wildman–Crippen LogP) is 4.36. The average Bonchev–Trinajstić information content (AvgIpc) is 3.15. The maximum Gasteiger partial charge on any atom is 0.242 e. The first-order valence-corrected chi connectivity index (χ1v) is 10.7. The Morgan fingerprint density at radius 3 is 2.61 bits per heavy atom. The van der Waals surface area contributed by atoms with Crippen LogP contribution >= 0.6 is 11.8 Å². The molecule has 2 aromatic carbocycles. The van der Waals surface area contributed by atoms with Crippen LogP contribution in [0.3, 0.4) is 0 Å². The zero-order chi connectivity index (χ0) is 21.8. The fourth-order valence-corrected chi connectivity index (χ4v) is 4.13. The van der Waals surface area contributed by atoms with Gasteiger partial charge in [0.05, 0.1) is 6.20 Å². The molecular weight excluding hydrogens is 408 g/mol. The van der Waals surface area contributed by atoms with Crippen LogP contribution in [0.5, 0.6) is 0 Å². The molecule has 156 valence electrons. The number of rotatable bonds is 6. The fourth-order valence-electron chi connectivity index (χ4n) is 3.13. The topological polar surface area (TPSA) is 85.6 Å². The Hall–Kier alpha value is -3.52. The molecule has 31 heavy (non-hydrogen) atoms. The molecule has 1 unspecified atom stereocenters. The molecule has 0 aliphatic carbocycles. The number of nitrogens with one attached hydrogen (secondary N) is 1. The van der Waals surface area contributed by atoms with E-state index in [9.17, 15) is 4.79 Å². The van der Waals surface area contributed by atoms with Crippen LogP contribution in [0.1, 0.15) is 21.9 Å². The predicted molar refractivity (Wildman–Crippen MR) is 122 cm³/mol. The van der Waals surface area contributed by atoms with Crippen molar-refractivity contribution in [2.45, 2.75) is 24.3 Å². The number of thioether (sulfide) groups is 1. The fraction of sp³-hybridized carbons (Fsp3) is 0.174. The first-order chi connectivity index (χ1) is 15.0. The van der Waals surface area contributed by atoms with E-state index in [2.05, 4.69) is 25.5 Å². The van der Waals surface area contributed by atoms with Gasteiger partial charge in [-0.05, 0) is 36.6 Å². The standard InChI is InChI=1S/C23H22N6OS/c1-15-9-10-16(2)18(13-15)26-22(30)20(17-7-5-4-6-8-17)31-23-28-27-21(29(23)3)19-14-24-11-12-25-19/h4-14,20H,1-3H3,(H,26,30). The Kier molecular flexibility index (Phi) is 6.08. The Balaban J connectivity index is 1.65. The number of benzene rings is 2. The second-order valence-electron chi connectivity index (χ2n) is 7.17. The molecule has 0 aliphatic rings. The van der Waals surface area contributed by atoms with Crippen molar-refractivity contribution in [3.63, 3.8) is 0 Å². The van der Waals surface area contributed by atoms with E-state index in [0.717, 1.165) is 22.4 Å². The number of anilines is 1. The minimum atomic E-state index is -0.501. The molecule has 0 saturated carbocycles. The minimum Gasteiger partial charge on any atom is -0.325 e. The zero-order valence-corrected chi connectivity index (χ0v) is 18.3. The van der Waals surface area contributed by atoms with Gasteiger partial charge in [0.2, 0.25) is 5.91 Å². The normalized spacial score (nSPS) is 11.8. The lowest BCUT2D eigenvalue weighted by molar-refractivity contribution is -0.115. The van der Waals surface area contributed by atoms with E-state index in [-0.39, 0.29) is 5.91 Å². The van der Waals surface area contributed by atoms with Crippen molar-refractivity contribution >= 4 is 23.4 Å². The summed E-state index contributed by atoms with van der Waals surface area (Å²) in [6.45, 7) is 3.99. The summed E-state index contributed by atoms with van der Waals surface area (Å²) in [6, 6.07) is 15.7. The molecule has 4 rings (SSSR count). The summed E-state index contributed by atoms with van der Waals surface area (Å²) in [5.74, 6) is 0.478. The average molecular weight is 431 g/mol. The summed E-state index contributed by atoms with van der Waals surface area (Å²) < 4.78 is 1.83. The largest absolute Gasteiger partial charge is 0.325 e. The van der Waals surface area contributed by atoms with Gasteiger partial charge in [-0.15, -0.1) is 10.2 Å². The monoisotopic (exact) mass is 430 g/mol. The summed E-state index contributed by atoms with van der Waals surface area (Å²) in [5.41, 5.74) is 4.43. The number of amides is 1. The Morgan fingerprint density at radius 1 is 1.06 bits per heavy atom. The Labute approximate surface area is 185 Å². The molecule has 1 amide bonds. The van der Waals surface area contributed by atoms with E-state index < -0.39 is 5.25 Å². The highest BCUT2D eigenvalue weighted by Gasteiger charge is 2.26. The zero-order valence-electron chi connectivity index (χ0n) is 17.5. The van der Waals surface area contributed by atoms with E-state index in [1.54, 1.807) is 18.6 Å². The molecule has 0 spiro atoms. The lowest BCUT2D eigenvalue weighted by Gasteiger charge is -2.18. The number of aryl methyl sites for hydroxylation is 2. The van der Waals surface area contributed by atoms with Crippen LogP contribution in [0.2, 0.25) is 0 Å². The lowest BCUT2D eigenvalue weighted by Crippen LogP contribution is -2.20. The van der Waals surface area contributed by atoms with Gasteiger partial charge in [-0.25, -0.2) is 4.98 Å². The first kappa shape index (κ1) is 20.7. The smallest absolute Gasteiger partial charge is 0.242 e. The summed E-state index contributed by atoms with van der Waals surface area (Å²) in [5, 5.41) is 11.8. The molecule has 4 aromatic rings. The van der Waals surface area contributed by atoms with E-state index in [1.165, 1.54) is 11.8 Å². The molecule has 2 heterocycles. The summed E-state index contributed by atoms with van der Waals surface area (Å²) in [6.07, 6.45) is 4.86. The van der Waals surface area contributed by atoms with Gasteiger partial charge >= 0.3 is 0 Å². The molecule has 7 nitrogen and oxygen atoms in total. The van der Waals surface area contributed by atoms with Gasteiger partial charge in [0, 0.05) is 25.1 Å². The third-order valence-corrected chi connectivity index (χ3v) is 6.13. The Bertz CT molecular complexity index is 1190. The third kappa shape index (κ3) is 4.64. The van der Waals surface area contributed by atoms with Crippen molar-refractivity contribution in [2.75, 3.05) is 5.32 Å². The molecule has 0 radical (unpaired) electrons. The third-order valence-electron chi connectivity index (χ3n) is 4.84. The molecule has 0 fully saturated rings. The molecule has 0 bridgehead atoms. The summed E-state index contributed by atoms with van der Waals surface area (Å²) in [4.78, 5) is 21.7. The van der Waals surface area contributed by atoms with Gasteiger partial charge < -0.3 is 9.88 Å². The SMILES string of the molecule is Cc1ccc(C)c(NC(=O)C(Sc2nnc(-c3cnccn3)n2C)c2ccccc2)c1. The Morgan fingerprint density at radius 2 is 1.87 bits per heavy atom. The van der Waals surface area contributed by atoms with Crippen molar-refractivity contribution in [3.05, 3.63) is 83.8 Å². The molecule has 0 saturated heterocycles. The van der Waals surface area contributed by atoms with Gasteiger partial charge in [0.15, 0.2) is 11.0 Å². The van der Waals surface area contributed by atoms with E-state index in [0.29, 0.717) is 16.7 Å². The number of aromatic nitrogens is 5. The van der Waals surface area contributed by atoms with E-state index >= 15 is 0 Å². The van der Waals surface area contributed by atoms with Gasteiger partial charge in [0.25, 0.3) is 0 Å². The molecular formula is C23H22N6OS. The van der Waals surface area contributed by atoms with Gasteiger partial charge in [-0.1, -0.05) is 54.2 Å². The quantitative estimate of drug-likeness (QED) is 0.458. The molecule has 0 aliphatic heterocycles. The highest BCUT2D eigenvalue weighted by molar-refractivity contribution is 8.00.